The molecule has 0 aliphatic heterocycles. The van der Waals surface area contributed by atoms with E-state index in [1.54, 1.807) is 0 Å². The highest BCUT2D eigenvalue weighted by atomic mass is 14.7. The minimum Gasteiger partial charge on any atom is -0.252 e. The van der Waals surface area contributed by atoms with Crippen molar-refractivity contribution in [3.8, 4) is 0 Å². The lowest BCUT2D eigenvalue weighted by atomic mass is 9.86. The topological polar surface area (TPSA) is 12.9 Å². The van der Waals surface area contributed by atoms with Crippen LogP contribution in [0.5, 0.6) is 0 Å². The van der Waals surface area contributed by atoms with Crippen LogP contribution in [0.1, 0.15) is 52.8 Å². The number of rotatable bonds is 0. The third-order valence-corrected chi connectivity index (χ3v) is 3.33. The Bertz CT molecular complexity index is 519. The number of benzene rings is 1. The quantitative estimate of drug-likeness (QED) is 0.643. The van der Waals surface area contributed by atoms with Gasteiger partial charge in [-0.25, -0.2) is 0 Å². The van der Waals surface area contributed by atoms with E-state index in [9.17, 15) is 0 Å². The van der Waals surface area contributed by atoms with Gasteiger partial charge in [-0.15, -0.1) is 0 Å². The van der Waals surface area contributed by atoms with Gasteiger partial charge in [0.1, 0.15) is 0 Å². The second-order valence-electron chi connectivity index (χ2n) is 7.10. The number of hydrogen-bond donors (Lipinski definition) is 0. The van der Waals surface area contributed by atoms with Gasteiger partial charge < -0.3 is 0 Å². The highest BCUT2D eigenvalue weighted by Crippen LogP contribution is 2.27. The van der Waals surface area contributed by atoms with Crippen molar-refractivity contribution >= 4 is 10.9 Å². The Morgan fingerprint density at radius 1 is 0.778 bits per heavy atom. The first-order valence-corrected chi connectivity index (χ1v) is 6.60. The number of pyridine rings is 1. The summed E-state index contributed by atoms with van der Waals surface area (Å²) in [5.74, 6) is 0. The van der Waals surface area contributed by atoms with Crippen molar-refractivity contribution in [1.29, 1.82) is 0 Å². The molecule has 0 amide bonds. The van der Waals surface area contributed by atoms with E-state index in [0.29, 0.717) is 0 Å². The predicted molar refractivity (Wildman–Crippen MR) is 79.1 cm³/mol. The summed E-state index contributed by atoms with van der Waals surface area (Å²) in [6.45, 7) is 13.3. The van der Waals surface area contributed by atoms with Gasteiger partial charge in [-0.1, -0.05) is 59.7 Å². The Balaban J connectivity index is 2.61. The van der Waals surface area contributed by atoms with Crippen LogP contribution in [-0.2, 0) is 10.8 Å². The Hall–Kier alpha value is -1.37. The van der Waals surface area contributed by atoms with Crippen molar-refractivity contribution in [2.45, 2.75) is 52.4 Å². The summed E-state index contributed by atoms with van der Waals surface area (Å²) < 4.78 is 0. The average molecular weight is 241 g/mol. The maximum Gasteiger partial charge on any atom is 0.0708 e. The van der Waals surface area contributed by atoms with E-state index in [1.165, 1.54) is 10.9 Å². The minimum atomic E-state index is 0.103. The molecule has 1 heterocycles. The Morgan fingerprint density at radius 2 is 1.39 bits per heavy atom. The van der Waals surface area contributed by atoms with E-state index >= 15 is 0 Å². The Labute approximate surface area is 110 Å². The molecule has 0 N–H and O–H groups in total. The first-order valence-electron chi connectivity index (χ1n) is 6.60. The third-order valence-electron chi connectivity index (χ3n) is 3.33. The smallest absolute Gasteiger partial charge is 0.0708 e. The monoisotopic (exact) mass is 241 g/mol. The molecule has 0 saturated heterocycles. The van der Waals surface area contributed by atoms with Crippen molar-refractivity contribution in [3.63, 3.8) is 0 Å². The summed E-state index contributed by atoms with van der Waals surface area (Å²) in [7, 11) is 0. The average Bonchev–Trinajstić information content (AvgIpc) is 2.25. The summed E-state index contributed by atoms with van der Waals surface area (Å²) >= 11 is 0. The SMILES string of the molecule is CC(C)(C)c1ccc2ccc(C(C)(C)C)nc2c1. The summed E-state index contributed by atoms with van der Waals surface area (Å²) in [4.78, 5) is 4.82. The van der Waals surface area contributed by atoms with Crippen LogP contribution in [0.4, 0.5) is 0 Å². The molecule has 0 aliphatic rings. The third kappa shape index (κ3) is 2.55. The number of aromatic nitrogens is 1. The maximum absolute atomic E-state index is 4.82. The van der Waals surface area contributed by atoms with Gasteiger partial charge >= 0.3 is 0 Å². The zero-order valence-electron chi connectivity index (χ0n) is 12.3. The molecule has 0 spiro atoms. The van der Waals surface area contributed by atoms with Crippen LogP contribution in [-0.4, -0.2) is 4.98 Å². The van der Waals surface area contributed by atoms with Crippen molar-refractivity contribution in [3.05, 3.63) is 41.6 Å². The normalized spacial score (nSPS) is 13.0. The molecule has 0 radical (unpaired) electrons. The van der Waals surface area contributed by atoms with Gasteiger partial charge in [0.05, 0.1) is 5.52 Å². The molecule has 1 aromatic heterocycles. The van der Waals surface area contributed by atoms with Gasteiger partial charge in [-0.05, 0) is 23.1 Å². The standard InChI is InChI=1S/C17H23N/c1-16(2,3)13-9-7-12-8-10-15(17(4,5)6)18-14(12)11-13/h7-11H,1-6H3. The molecule has 2 aromatic rings. The van der Waals surface area contributed by atoms with Gasteiger partial charge in [0.15, 0.2) is 0 Å². The highest BCUT2D eigenvalue weighted by molar-refractivity contribution is 5.79. The number of nitrogens with zero attached hydrogens (tertiary/aromatic N) is 1. The molecule has 18 heavy (non-hydrogen) atoms. The van der Waals surface area contributed by atoms with E-state index in [1.807, 2.05) is 0 Å². The summed E-state index contributed by atoms with van der Waals surface area (Å²) in [6.07, 6.45) is 0. The highest BCUT2D eigenvalue weighted by Gasteiger charge is 2.17. The van der Waals surface area contributed by atoms with E-state index in [-0.39, 0.29) is 10.8 Å². The van der Waals surface area contributed by atoms with E-state index in [0.717, 1.165) is 11.2 Å². The summed E-state index contributed by atoms with van der Waals surface area (Å²) in [5.41, 5.74) is 3.88. The molecule has 0 fully saturated rings. The fraction of sp³-hybridized carbons (Fsp3) is 0.471. The van der Waals surface area contributed by atoms with Gasteiger partial charge in [0.25, 0.3) is 0 Å². The van der Waals surface area contributed by atoms with E-state index in [4.69, 9.17) is 4.98 Å². The summed E-state index contributed by atoms with van der Waals surface area (Å²) in [6, 6.07) is 10.9. The van der Waals surface area contributed by atoms with Crippen molar-refractivity contribution in [2.75, 3.05) is 0 Å². The molecule has 1 nitrogen and oxygen atoms in total. The van der Waals surface area contributed by atoms with Gasteiger partial charge in [0.2, 0.25) is 0 Å². The Kier molecular flexibility index (Phi) is 2.96. The number of hydrogen-bond acceptors (Lipinski definition) is 1. The first kappa shape index (κ1) is 13.1. The van der Waals surface area contributed by atoms with Crippen LogP contribution >= 0.6 is 0 Å². The van der Waals surface area contributed by atoms with Crippen LogP contribution in [0.2, 0.25) is 0 Å². The zero-order chi connectivity index (χ0) is 13.6. The molecular formula is C17H23N. The van der Waals surface area contributed by atoms with Crippen LogP contribution in [0.25, 0.3) is 10.9 Å². The van der Waals surface area contributed by atoms with Crippen molar-refractivity contribution in [1.82, 2.24) is 4.98 Å². The largest absolute Gasteiger partial charge is 0.252 e. The number of fused-ring (bicyclic) bond motifs is 1. The van der Waals surface area contributed by atoms with Crippen molar-refractivity contribution in [2.24, 2.45) is 0 Å². The summed E-state index contributed by atoms with van der Waals surface area (Å²) in [5, 5.41) is 1.22. The van der Waals surface area contributed by atoms with Crippen molar-refractivity contribution < 1.29 is 0 Å². The molecule has 2 rings (SSSR count). The fourth-order valence-electron chi connectivity index (χ4n) is 2.00. The van der Waals surface area contributed by atoms with Crippen LogP contribution in [0, 0.1) is 0 Å². The lowest BCUT2D eigenvalue weighted by Crippen LogP contribution is -2.14. The minimum absolute atomic E-state index is 0.103. The fourth-order valence-corrected chi connectivity index (χ4v) is 2.00. The molecule has 0 aliphatic carbocycles. The van der Waals surface area contributed by atoms with Gasteiger partial charge in [-0.3, -0.25) is 4.98 Å². The van der Waals surface area contributed by atoms with Crippen LogP contribution < -0.4 is 0 Å². The second-order valence-corrected chi connectivity index (χ2v) is 7.10. The molecule has 0 atom stereocenters. The van der Waals surface area contributed by atoms with Gasteiger partial charge in [0, 0.05) is 16.5 Å². The van der Waals surface area contributed by atoms with Crippen LogP contribution in [0.3, 0.4) is 0 Å². The second kappa shape index (κ2) is 4.08. The predicted octanol–water partition coefficient (Wildman–Crippen LogP) is 4.83. The Morgan fingerprint density at radius 3 is 1.94 bits per heavy atom. The molecule has 1 heteroatoms. The van der Waals surface area contributed by atoms with Gasteiger partial charge in [-0.2, -0.15) is 0 Å². The van der Waals surface area contributed by atoms with E-state index in [2.05, 4.69) is 71.9 Å². The lowest BCUT2D eigenvalue weighted by Gasteiger charge is -2.21. The molecule has 0 bridgehead atoms. The molecular weight excluding hydrogens is 218 g/mol. The van der Waals surface area contributed by atoms with Crippen LogP contribution in [0.15, 0.2) is 30.3 Å². The van der Waals surface area contributed by atoms with E-state index < -0.39 is 0 Å². The molecule has 1 aromatic carbocycles. The molecule has 0 unspecified atom stereocenters. The lowest BCUT2D eigenvalue weighted by molar-refractivity contribution is 0.571. The first-order chi connectivity index (χ1) is 8.18. The maximum atomic E-state index is 4.82. The molecule has 96 valence electrons. The zero-order valence-corrected chi connectivity index (χ0v) is 12.3. The molecule has 0 saturated carbocycles.